The van der Waals surface area contributed by atoms with Crippen molar-refractivity contribution in [1.82, 2.24) is 20.1 Å². The average molecular weight is 481 g/mol. The van der Waals surface area contributed by atoms with Gasteiger partial charge >= 0.3 is 12.5 Å². The summed E-state index contributed by atoms with van der Waals surface area (Å²) in [5.41, 5.74) is 1.22. The monoisotopic (exact) mass is 481 g/mol. The number of hydrogen-bond acceptors (Lipinski definition) is 7. The third-order valence-corrected chi connectivity index (χ3v) is 5.52. The zero-order valence-corrected chi connectivity index (χ0v) is 18.5. The molecule has 1 saturated heterocycles. The number of carbonyl (C=O) groups is 2. The van der Waals surface area contributed by atoms with Crippen LogP contribution in [0.2, 0.25) is 0 Å². The number of nitrogens with one attached hydrogen (secondary N) is 1. The van der Waals surface area contributed by atoms with E-state index in [0.717, 1.165) is 10.7 Å². The number of aldehydes is 1. The van der Waals surface area contributed by atoms with Gasteiger partial charge in [-0.3, -0.25) is 9.80 Å². The molecule has 1 atom stereocenters. The van der Waals surface area contributed by atoms with Crippen molar-refractivity contribution in [2.75, 3.05) is 51.2 Å². The number of hydrogen-bond donors (Lipinski definition) is 2. The van der Waals surface area contributed by atoms with Crippen LogP contribution in [0.4, 0.5) is 23.8 Å². The Kier molecular flexibility index (Phi) is 8.29. The molecule has 1 aromatic carbocycles. The van der Waals surface area contributed by atoms with Crippen LogP contribution in [0.15, 0.2) is 42.6 Å². The molecule has 1 unspecified atom stereocenters. The first-order valence-electron chi connectivity index (χ1n) is 10.6. The number of rotatable bonds is 9. The van der Waals surface area contributed by atoms with Crippen molar-refractivity contribution in [2.24, 2.45) is 0 Å². The highest BCUT2D eigenvalue weighted by Gasteiger charge is 2.31. The van der Waals surface area contributed by atoms with Crippen molar-refractivity contribution in [2.45, 2.75) is 12.5 Å². The van der Waals surface area contributed by atoms with Crippen LogP contribution in [0.1, 0.15) is 0 Å². The number of anilines is 1. The number of pyridine rings is 1. The fourth-order valence-corrected chi connectivity index (χ4v) is 3.80. The molecular weight excluding hydrogens is 455 g/mol. The second-order valence-corrected chi connectivity index (χ2v) is 7.66. The van der Waals surface area contributed by atoms with Gasteiger partial charge in [-0.25, -0.2) is 9.78 Å². The highest BCUT2D eigenvalue weighted by Crippen LogP contribution is 2.28. The van der Waals surface area contributed by atoms with Gasteiger partial charge in [0.25, 0.3) is 0 Å². The van der Waals surface area contributed by atoms with E-state index in [-0.39, 0.29) is 25.0 Å². The van der Waals surface area contributed by atoms with Crippen molar-refractivity contribution < 1.29 is 32.6 Å². The van der Waals surface area contributed by atoms with Crippen LogP contribution in [0, 0.1) is 0 Å². The number of carbonyl (C=O) groups excluding carboxylic acids is 1. The predicted molar refractivity (Wildman–Crippen MR) is 119 cm³/mol. The predicted octanol–water partition coefficient (Wildman–Crippen LogP) is 2.49. The van der Waals surface area contributed by atoms with E-state index < -0.39 is 12.5 Å². The molecule has 1 amide bonds. The molecule has 34 heavy (non-hydrogen) atoms. The second kappa shape index (κ2) is 11.2. The first-order chi connectivity index (χ1) is 16.2. The Balaban J connectivity index is 1.60. The van der Waals surface area contributed by atoms with Crippen molar-refractivity contribution in [3.63, 3.8) is 0 Å². The number of benzene rings is 1. The summed E-state index contributed by atoms with van der Waals surface area (Å²) in [6.45, 7) is 2.59. The maximum Gasteiger partial charge on any atom is 0.573 e. The number of ether oxygens (including phenoxy) is 1. The van der Waals surface area contributed by atoms with E-state index in [0.29, 0.717) is 43.6 Å². The Morgan fingerprint density at radius 1 is 1.24 bits per heavy atom. The minimum atomic E-state index is -4.75. The summed E-state index contributed by atoms with van der Waals surface area (Å²) < 4.78 is 41.4. The molecular formula is C22H26F3N5O4. The van der Waals surface area contributed by atoms with E-state index in [1.807, 2.05) is 6.07 Å². The molecule has 2 aromatic rings. The molecule has 2 N–H and O–H groups in total. The van der Waals surface area contributed by atoms with Crippen LogP contribution in [0.5, 0.6) is 5.75 Å². The summed E-state index contributed by atoms with van der Waals surface area (Å²) >= 11 is 0. The molecule has 2 heterocycles. The van der Waals surface area contributed by atoms with Gasteiger partial charge in [-0.05, 0) is 36.9 Å². The Bertz CT molecular complexity index is 966. The van der Waals surface area contributed by atoms with Gasteiger partial charge in [0.05, 0.1) is 19.3 Å². The van der Waals surface area contributed by atoms with Crippen LogP contribution >= 0.6 is 0 Å². The second-order valence-electron chi connectivity index (χ2n) is 7.66. The summed E-state index contributed by atoms with van der Waals surface area (Å²) in [7, 11) is 1.74. The fourth-order valence-electron chi connectivity index (χ4n) is 3.80. The Hall–Kier alpha value is -3.38. The topological polar surface area (TPSA) is 98.2 Å². The molecule has 9 nitrogen and oxygen atoms in total. The molecule has 0 radical (unpaired) electrons. The van der Waals surface area contributed by atoms with E-state index in [9.17, 15) is 27.9 Å². The number of nitrogens with zero attached hydrogens (tertiary/aromatic N) is 4. The number of piperazine rings is 1. The quantitative estimate of drug-likeness (QED) is 0.528. The number of amides is 1. The smallest absolute Gasteiger partial charge is 0.465 e. The minimum absolute atomic E-state index is 0.161. The largest absolute Gasteiger partial charge is 0.573 e. The third kappa shape index (κ3) is 6.81. The lowest BCUT2D eigenvalue weighted by atomic mass is 10.1. The lowest BCUT2D eigenvalue weighted by molar-refractivity contribution is -0.274. The molecule has 0 spiro atoms. The third-order valence-electron chi connectivity index (χ3n) is 5.52. The fraction of sp³-hybridized carbons (Fsp3) is 0.409. The molecule has 1 fully saturated rings. The van der Waals surface area contributed by atoms with Gasteiger partial charge in [0.1, 0.15) is 17.9 Å². The normalized spacial score (nSPS) is 15.6. The zero-order valence-electron chi connectivity index (χ0n) is 18.5. The molecule has 3 rings (SSSR count). The number of alkyl halides is 3. The summed E-state index contributed by atoms with van der Waals surface area (Å²) in [5.74, 6) is 0.444. The SMILES string of the molecule is CNC(CN(CC=O)C(=O)O)N1CCN(c2ccc(-c3cccc(OC(F)(F)F)c3)cn2)CC1. The van der Waals surface area contributed by atoms with Gasteiger partial charge in [-0.2, -0.15) is 0 Å². The minimum Gasteiger partial charge on any atom is -0.465 e. The average Bonchev–Trinajstić information content (AvgIpc) is 2.81. The van der Waals surface area contributed by atoms with E-state index in [1.165, 1.54) is 18.2 Å². The summed E-state index contributed by atoms with van der Waals surface area (Å²) in [4.78, 5) is 31.8. The first-order valence-corrected chi connectivity index (χ1v) is 10.6. The molecule has 0 saturated carbocycles. The van der Waals surface area contributed by atoms with E-state index in [1.54, 1.807) is 25.4 Å². The number of carboxylic acid groups (broad SMARTS) is 1. The molecule has 1 aliphatic heterocycles. The standard InChI is InChI=1S/C22H26F3N5O4/c1-26-20(15-30(11-12-31)21(32)33)29-9-7-28(8-10-29)19-6-5-17(14-27-19)16-3-2-4-18(13-16)34-22(23,24)25/h2-6,12-14,20,26H,7-11,15H2,1H3,(H,32,33). The maximum atomic E-state index is 12.5. The lowest BCUT2D eigenvalue weighted by Crippen LogP contribution is -2.58. The van der Waals surface area contributed by atoms with Gasteiger partial charge in [-0.1, -0.05) is 12.1 Å². The molecule has 0 bridgehead atoms. The van der Waals surface area contributed by atoms with Crippen LogP contribution in [0.3, 0.4) is 0 Å². The highest BCUT2D eigenvalue weighted by molar-refractivity contribution is 5.69. The van der Waals surface area contributed by atoms with Gasteiger partial charge in [0.2, 0.25) is 0 Å². The number of likely N-dealkylation sites (N-methyl/N-ethyl adjacent to an activating group) is 1. The van der Waals surface area contributed by atoms with Crippen molar-refractivity contribution in [1.29, 1.82) is 0 Å². The van der Waals surface area contributed by atoms with E-state index >= 15 is 0 Å². The molecule has 12 heteroatoms. The van der Waals surface area contributed by atoms with E-state index in [4.69, 9.17) is 0 Å². The molecule has 1 aromatic heterocycles. The molecule has 184 valence electrons. The number of aromatic nitrogens is 1. The zero-order chi connectivity index (χ0) is 24.7. The number of halogens is 3. The lowest BCUT2D eigenvalue weighted by Gasteiger charge is -2.40. The Morgan fingerprint density at radius 3 is 2.53 bits per heavy atom. The summed E-state index contributed by atoms with van der Waals surface area (Å²) in [5, 5.41) is 12.4. The van der Waals surface area contributed by atoms with Crippen molar-refractivity contribution in [3.8, 4) is 16.9 Å². The van der Waals surface area contributed by atoms with Gasteiger partial charge in [-0.15, -0.1) is 13.2 Å². The highest BCUT2D eigenvalue weighted by atomic mass is 19.4. The first kappa shape index (κ1) is 25.2. The van der Waals surface area contributed by atoms with E-state index in [2.05, 4.69) is 24.8 Å². The van der Waals surface area contributed by atoms with Crippen LogP contribution < -0.4 is 15.0 Å². The molecule has 0 aliphatic carbocycles. The Labute approximate surface area is 194 Å². The summed E-state index contributed by atoms with van der Waals surface area (Å²) in [6, 6.07) is 9.33. The van der Waals surface area contributed by atoms with Crippen molar-refractivity contribution in [3.05, 3.63) is 42.6 Å². The summed E-state index contributed by atoms with van der Waals surface area (Å²) in [6.07, 6.45) is -3.97. The van der Waals surface area contributed by atoms with Gasteiger partial charge in [0.15, 0.2) is 0 Å². The Morgan fingerprint density at radius 2 is 1.97 bits per heavy atom. The van der Waals surface area contributed by atoms with Crippen LogP contribution in [-0.2, 0) is 4.79 Å². The molecule has 1 aliphatic rings. The van der Waals surface area contributed by atoms with Crippen LogP contribution in [0.25, 0.3) is 11.1 Å². The van der Waals surface area contributed by atoms with Gasteiger partial charge < -0.3 is 24.9 Å². The maximum absolute atomic E-state index is 12.5. The van der Waals surface area contributed by atoms with Crippen molar-refractivity contribution >= 4 is 18.2 Å². The van der Waals surface area contributed by atoms with Gasteiger partial charge in [0, 0.05) is 37.9 Å². The van der Waals surface area contributed by atoms with Crippen LogP contribution in [-0.4, -0.2) is 91.1 Å².